The van der Waals surface area contributed by atoms with Crippen molar-refractivity contribution in [2.24, 2.45) is 5.73 Å². The zero-order chi connectivity index (χ0) is 20.3. The highest BCUT2D eigenvalue weighted by molar-refractivity contribution is 6.02. The molecular formula is C22H24N4O2. The number of amides is 2. The maximum Gasteiger partial charge on any atom is 0.262 e. The second kappa shape index (κ2) is 8.13. The van der Waals surface area contributed by atoms with Crippen LogP contribution in [0.15, 0.2) is 35.9 Å². The molecule has 1 fully saturated rings. The van der Waals surface area contributed by atoms with Gasteiger partial charge in [-0.1, -0.05) is 12.8 Å². The third-order valence-electron chi connectivity index (χ3n) is 5.24. The summed E-state index contributed by atoms with van der Waals surface area (Å²) in [6.07, 6.45) is 5.82. The predicted octanol–water partition coefficient (Wildman–Crippen LogP) is 3.16. The predicted molar refractivity (Wildman–Crippen MR) is 108 cm³/mol. The van der Waals surface area contributed by atoms with Crippen molar-refractivity contribution in [1.29, 1.82) is 5.26 Å². The molecule has 0 aliphatic heterocycles. The number of primary amides is 1. The lowest BCUT2D eigenvalue weighted by molar-refractivity contribution is -0.117. The molecule has 1 aromatic carbocycles. The van der Waals surface area contributed by atoms with Gasteiger partial charge in [0, 0.05) is 28.7 Å². The number of nitrogens with one attached hydrogen (secondary N) is 1. The number of rotatable bonds is 5. The number of carbonyl (C=O) groups excluding carboxylic acids is 2. The van der Waals surface area contributed by atoms with Gasteiger partial charge < -0.3 is 15.6 Å². The molecule has 1 saturated carbocycles. The molecule has 2 aromatic rings. The first kappa shape index (κ1) is 19.4. The molecule has 0 saturated heterocycles. The second-order valence-electron chi connectivity index (χ2n) is 7.20. The summed E-state index contributed by atoms with van der Waals surface area (Å²) in [4.78, 5) is 23.7. The first-order chi connectivity index (χ1) is 13.4. The number of nitriles is 1. The quantitative estimate of drug-likeness (QED) is 0.619. The van der Waals surface area contributed by atoms with Crippen molar-refractivity contribution in [1.82, 2.24) is 9.88 Å². The number of hydrogen-bond acceptors (Lipinski definition) is 3. The number of aromatic nitrogens is 1. The fraction of sp³-hybridized carbons (Fsp3) is 0.318. The lowest BCUT2D eigenvalue weighted by Crippen LogP contribution is -2.33. The Morgan fingerprint density at radius 1 is 1.21 bits per heavy atom. The van der Waals surface area contributed by atoms with Gasteiger partial charge in [0.05, 0.1) is 0 Å². The maximum atomic E-state index is 12.5. The van der Waals surface area contributed by atoms with E-state index in [-0.39, 0.29) is 17.5 Å². The summed E-state index contributed by atoms with van der Waals surface area (Å²) in [5.41, 5.74) is 9.42. The topological polar surface area (TPSA) is 101 Å². The van der Waals surface area contributed by atoms with Crippen molar-refractivity contribution in [3.63, 3.8) is 0 Å². The number of nitrogens with zero attached hydrogens (tertiary/aromatic N) is 2. The Balaban J connectivity index is 1.89. The van der Waals surface area contributed by atoms with Crippen molar-refractivity contribution in [3.05, 3.63) is 58.4 Å². The molecule has 6 heteroatoms. The molecule has 0 atom stereocenters. The molecule has 3 rings (SSSR count). The zero-order valence-electron chi connectivity index (χ0n) is 16.2. The molecule has 1 aliphatic rings. The minimum Gasteiger partial charge on any atom is -0.366 e. The van der Waals surface area contributed by atoms with E-state index < -0.39 is 5.91 Å². The van der Waals surface area contributed by atoms with Crippen molar-refractivity contribution in [2.75, 3.05) is 0 Å². The van der Waals surface area contributed by atoms with E-state index >= 15 is 0 Å². The summed E-state index contributed by atoms with van der Waals surface area (Å²) in [6.45, 7) is 3.89. The number of hydrogen-bond donors (Lipinski definition) is 2. The van der Waals surface area contributed by atoms with E-state index in [1.807, 2.05) is 42.7 Å². The normalized spacial score (nSPS) is 14.7. The number of benzene rings is 1. The average molecular weight is 376 g/mol. The monoisotopic (exact) mass is 376 g/mol. The van der Waals surface area contributed by atoms with Crippen LogP contribution in [0, 0.1) is 25.2 Å². The number of aryl methyl sites for hydroxylation is 1. The van der Waals surface area contributed by atoms with E-state index in [0.29, 0.717) is 5.56 Å². The maximum absolute atomic E-state index is 12.5. The SMILES string of the molecule is Cc1cc(/C=C(/C#N)C(=O)NC2CCCC2)c(C)n1-c1ccc(C(N)=O)cc1. The van der Waals surface area contributed by atoms with E-state index in [0.717, 1.165) is 48.3 Å². The molecule has 0 radical (unpaired) electrons. The van der Waals surface area contributed by atoms with Gasteiger partial charge in [-0.3, -0.25) is 9.59 Å². The molecule has 1 aliphatic carbocycles. The summed E-state index contributed by atoms with van der Waals surface area (Å²) < 4.78 is 2.01. The third-order valence-corrected chi connectivity index (χ3v) is 5.24. The van der Waals surface area contributed by atoms with Crippen molar-refractivity contribution in [2.45, 2.75) is 45.6 Å². The standard InChI is InChI=1S/C22H24N4O2/c1-14-11-17(12-18(13-23)22(28)25-19-5-3-4-6-19)15(2)26(14)20-9-7-16(8-10-20)21(24)27/h7-12,19H,3-6H2,1-2H3,(H2,24,27)(H,25,28)/b18-12-. The van der Waals surface area contributed by atoms with E-state index in [4.69, 9.17) is 5.73 Å². The van der Waals surface area contributed by atoms with Gasteiger partial charge in [-0.25, -0.2) is 0 Å². The van der Waals surface area contributed by atoms with Gasteiger partial charge in [-0.05, 0) is 68.7 Å². The van der Waals surface area contributed by atoms with Gasteiger partial charge in [-0.2, -0.15) is 5.26 Å². The molecule has 1 aromatic heterocycles. The van der Waals surface area contributed by atoms with Crippen molar-refractivity contribution >= 4 is 17.9 Å². The molecule has 0 unspecified atom stereocenters. The van der Waals surface area contributed by atoms with Gasteiger partial charge in [-0.15, -0.1) is 0 Å². The highest BCUT2D eigenvalue weighted by Gasteiger charge is 2.20. The van der Waals surface area contributed by atoms with Crippen molar-refractivity contribution < 1.29 is 9.59 Å². The summed E-state index contributed by atoms with van der Waals surface area (Å²) in [5.74, 6) is -0.784. The van der Waals surface area contributed by atoms with Gasteiger partial charge in [0.1, 0.15) is 11.6 Å². The van der Waals surface area contributed by atoms with Crippen LogP contribution in [0.5, 0.6) is 0 Å². The van der Waals surface area contributed by atoms with Crippen LogP contribution < -0.4 is 11.1 Å². The summed E-state index contributed by atoms with van der Waals surface area (Å²) in [7, 11) is 0. The third kappa shape index (κ3) is 3.99. The Morgan fingerprint density at radius 2 is 1.86 bits per heavy atom. The molecular weight excluding hydrogens is 352 g/mol. The van der Waals surface area contributed by atoms with Gasteiger partial charge in [0.15, 0.2) is 0 Å². The fourth-order valence-corrected chi connectivity index (χ4v) is 3.74. The van der Waals surface area contributed by atoms with Crippen LogP contribution in [-0.4, -0.2) is 22.4 Å². The smallest absolute Gasteiger partial charge is 0.262 e. The van der Waals surface area contributed by atoms with E-state index in [1.165, 1.54) is 0 Å². The van der Waals surface area contributed by atoms with E-state index in [9.17, 15) is 14.9 Å². The summed E-state index contributed by atoms with van der Waals surface area (Å²) >= 11 is 0. The van der Waals surface area contributed by atoms with Crippen LogP contribution in [0.1, 0.15) is 53.0 Å². The lowest BCUT2D eigenvalue weighted by atomic mass is 10.1. The lowest BCUT2D eigenvalue weighted by Gasteiger charge is -2.11. The molecule has 2 amide bonds. The number of nitrogens with two attached hydrogens (primary N) is 1. The Bertz CT molecular complexity index is 971. The largest absolute Gasteiger partial charge is 0.366 e. The van der Waals surface area contributed by atoms with Crippen LogP contribution in [-0.2, 0) is 4.79 Å². The van der Waals surface area contributed by atoms with E-state index in [2.05, 4.69) is 5.32 Å². The molecule has 6 nitrogen and oxygen atoms in total. The first-order valence-electron chi connectivity index (χ1n) is 9.42. The number of carbonyl (C=O) groups is 2. The van der Waals surface area contributed by atoms with Gasteiger partial charge in [0.25, 0.3) is 5.91 Å². The Labute approximate surface area is 164 Å². The summed E-state index contributed by atoms with van der Waals surface area (Å²) in [6, 6.07) is 11.2. The highest BCUT2D eigenvalue weighted by atomic mass is 16.2. The Kier molecular flexibility index (Phi) is 5.65. The van der Waals surface area contributed by atoms with Crippen LogP contribution in [0.2, 0.25) is 0 Å². The minimum atomic E-state index is -0.469. The highest BCUT2D eigenvalue weighted by Crippen LogP contribution is 2.24. The minimum absolute atomic E-state index is 0.108. The van der Waals surface area contributed by atoms with Crippen LogP contribution >= 0.6 is 0 Å². The molecule has 0 bridgehead atoms. The zero-order valence-corrected chi connectivity index (χ0v) is 16.2. The van der Waals surface area contributed by atoms with Crippen molar-refractivity contribution in [3.8, 4) is 11.8 Å². The Hall–Kier alpha value is -3.33. The molecule has 1 heterocycles. The molecule has 28 heavy (non-hydrogen) atoms. The van der Waals surface area contributed by atoms with Crippen LogP contribution in [0.3, 0.4) is 0 Å². The molecule has 0 spiro atoms. The fourth-order valence-electron chi connectivity index (χ4n) is 3.74. The van der Waals surface area contributed by atoms with Crippen LogP contribution in [0.4, 0.5) is 0 Å². The average Bonchev–Trinajstić information content (AvgIpc) is 3.27. The van der Waals surface area contributed by atoms with Gasteiger partial charge >= 0.3 is 0 Å². The van der Waals surface area contributed by atoms with Crippen LogP contribution in [0.25, 0.3) is 11.8 Å². The van der Waals surface area contributed by atoms with E-state index in [1.54, 1.807) is 18.2 Å². The molecule has 3 N–H and O–H groups in total. The molecule has 144 valence electrons. The Morgan fingerprint density at radius 3 is 2.43 bits per heavy atom. The first-order valence-corrected chi connectivity index (χ1v) is 9.42. The second-order valence-corrected chi connectivity index (χ2v) is 7.20. The van der Waals surface area contributed by atoms with Gasteiger partial charge in [0.2, 0.25) is 5.91 Å². The summed E-state index contributed by atoms with van der Waals surface area (Å²) in [5, 5.41) is 12.4.